The van der Waals surface area contributed by atoms with Crippen LogP contribution < -0.4 is 10.1 Å². The minimum absolute atomic E-state index is 0.271. The number of pyridine rings is 1. The summed E-state index contributed by atoms with van der Waals surface area (Å²) in [6.07, 6.45) is -1.71. The summed E-state index contributed by atoms with van der Waals surface area (Å²) in [6, 6.07) is 8.66. The van der Waals surface area contributed by atoms with Gasteiger partial charge in [0.15, 0.2) is 0 Å². The molecule has 0 saturated carbocycles. The van der Waals surface area contributed by atoms with Crippen LogP contribution in [0.3, 0.4) is 0 Å². The second-order valence-electron chi connectivity index (χ2n) is 4.90. The molecule has 1 aromatic heterocycles. The van der Waals surface area contributed by atoms with Crippen molar-refractivity contribution in [2.24, 2.45) is 0 Å². The van der Waals surface area contributed by atoms with Crippen molar-refractivity contribution in [2.75, 3.05) is 0 Å². The van der Waals surface area contributed by atoms with Crippen molar-refractivity contribution in [1.82, 2.24) is 10.3 Å². The number of imide groups is 1. The minimum atomic E-state index is -4.74. The van der Waals surface area contributed by atoms with Gasteiger partial charge < -0.3 is 4.74 Å². The van der Waals surface area contributed by atoms with Crippen LogP contribution in [0.15, 0.2) is 47.5 Å². The number of rotatable bonds is 3. The number of nitrogens with one attached hydrogen (secondary N) is 1. The van der Waals surface area contributed by atoms with Gasteiger partial charge in [-0.1, -0.05) is 6.07 Å². The number of carbonyl (C=O) groups is 2. The van der Waals surface area contributed by atoms with E-state index in [1.807, 2.05) is 0 Å². The molecule has 25 heavy (non-hydrogen) atoms. The molecule has 0 spiro atoms. The highest BCUT2D eigenvalue weighted by atomic mass is 32.2. The van der Waals surface area contributed by atoms with Crippen LogP contribution in [0.1, 0.15) is 5.56 Å². The summed E-state index contributed by atoms with van der Waals surface area (Å²) < 4.78 is 40.2. The SMILES string of the molecule is O=C1NC(=O)C(=Cc2ccc(-c3ccc(OC(F)(F)F)cc3)nc2)S1. The topological polar surface area (TPSA) is 68.3 Å². The summed E-state index contributed by atoms with van der Waals surface area (Å²) >= 11 is 0.803. The molecular weight excluding hydrogens is 357 g/mol. The zero-order valence-electron chi connectivity index (χ0n) is 12.3. The van der Waals surface area contributed by atoms with E-state index in [-0.39, 0.29) is 10.7 Å². The molecule has 0 bridgehead atoms. The van der Waals surface area contributed by atoms with E-state index >= 15 is 0 Å². The number of alkyl halides is 3. The molecule has 1 N–H and O–H groups in total. The van der Waals surface area contributed by atoms with Crippen molar-refractivity contribution in [1.29, 1.82) is 0 Å². The highest BCUT2D eigenvalue weighted by Crippen LogP contribution is 2.27. The van der Waals surface area contributed by atoms with Gasteiger partial charge in [-0.3, -0.25) is 19.9 Å². The lowest BCUT2D eigenvalue weighted by atomic mass is 10.1. The third kappa shape index (κ3) is 4.38. The average Bonchev–Trinajstić information content (AvgIpc) is 2.85. The molecule has 2 heterocycles. The van der Waals surface area contributed by atoms with Crippen molar-refractivity contribution in [3.63, 3.8) is 0 Å². The second kappa shape index (κ2) is 6.60. The lowest BCUT2D eigenvalue weighted by Gasteiger charge is -2.09. The molecule has 1 aromatic carbocycles. The number of aromatic nitrogens is 1. The first kappa shape index (κ1) is 17.0. The quantitative estimate of drug-likeness (QED) is 0.833. The van der Waals surface area contributed by atoms with E-state index < -0.39 is 17.5 Å². The summed E-state index contributed by atoms with van der Waals surface area (Å²) in [7, 11) is 0. The Kier molecular flexibility index (Phi) is 4.49. The predicted molar refractivity (Wildman–Crippen MR) is 85.5 cm³/mol. The summed E-state index contributed by atoms with van der Waals surface area (Å²) in [4.78, 5) is 27.1. The van der Waals surface area contributed by atoms with Gasteiger partial charge in [0.2, 0.25) is 0 Å². The molecule has 1 aliphatic rings. The van der Waals surface area contributed by atoms with Crippen LogP contribution in [0.2, 0.25) is 0 Å². The Labute approximate surface area is 143 Å². The highest BCUT2D eigenvalue weighted by molar-refractivity contribution is 8.18. The first-order chi connectivity index (χ1) is 11.8. The van der Waals surface area contributed by atoms with E-state index in [4.69, 9.17) is 0 Å². The smallest absolute Gasteiger partial charge is 0.406 e. The van der Waals surface area contributed by atoms with Gasteiger partial charge in [-0.25, -0.2) is 0 Å². The highest BCUT2D eigenvalue weighted by Gasteiger charge is 2.31. The molecule has 1 saturated heterocycles. The van der Waals surface area contributed by atoms with Gasteiger partial charge in [-0.2, -0.15) is 0 Å². The standard InChI is InChI=1S/C16H9F3N2O3S/c17-16(18,19)24-11-4-2-10(3-5-11)12-6-1-9(8-20-12)7-13-14(22)21-15(23)25-13/h1-8H,(H,21,22,23). The molecule has 2 aromatic rings. The van der Waals surface area contributed by atoms with E-state index in [0.29, 0.717) is 16.8 Å². The fraction of sp³-hybridized carbons (Fsp3) is 0.0625. The number of hydrogen-bond donors (Lipinski definition) is 1. The monoisotopic (exact) mass is 366 g/mol. The molecule has 128 valence electrons. The third-order valence-corrected chi connectivity index (χ3v) is 3.92. The van der Waals surface area contributed by atoms with Crippen LogP contribution in [0.4, 0.5) is 18.0 Å². The van der Waals surface area contributed by atoms with E-state index in [9.17, 15) is 22.8 Å². The van der Waals surface area contributed by atoms with Gasteiger partial charge in [-0.15, -0.1) is 13.2 Å². The van der Waals surface area contributed by atoms with Gasteiger partial charge in [0.05, 0.1) is 10.6 Å². The number of ether oxygens (including phenoxy) is 1. The molecule has 0 unspecified atom stereocenters. The molecule has 1 fully saturated rings. The largest absolute Gasteiger partial charge is 0.573 e. The fourth-order valence-electron chi connectivity index (χ4n) is 2.06. The molecule has 9 heteroatoms. The van der Waals surface area contributed by atoms with Gasteiger partial charge in [0.25, 0.3) is 11.1 Å². The Morgan fingerprint density at radius 2 is 1.80 bits per heavy atom. The van der Waals surface area contributed by atoms with Crippen molar-refractivity contribution < 1.29 is 27.5 Å². The van der Waals surface area contributed by atoms with E-state index in [1.54, 1.807) is 12.1 Å². The normalized spacial score (nSPS) is 16.2. The molecule has 0 atom stereocenters. The van der Waals surface area contributed by atoms with Crippen LogP contribution in [0.25, 0.3) is 17.3 Å². The lowest BCUT2D eigenvalue weighted by Crippen LogP contribution is -2.17. The summed E-state index contributed by atoms with van der Waals surface area (Å²) in [5, 5.41) is 1.72. The molecule has 1 aliphatic heterocycles. The first-order valence-electron chi connectivity index (χ1n) is 6.87. The predicted octanol–water partition coefficient (Wildman–Crippen LogP) is 3.97. The molecule has 0 aliphatic carbocycles. The van der Waals surface area contributed by atoms with E-state index in [1.165, 1.54) is 36.5 Å². The van der Waals surface area contributed by atoms with E-state index in [2.05, 4.69) is 15.0 Å². The Hall–Kier alpha value is -2.81. The number of hydrogen-bond acceptors (Lipinski definition) is 5. The lowest BCUT2D eigenvalue weighted by molar-refractivity contribution is -0.274. The molecule has 2 amide bonds. The average molecular weight is 366 g/mol. The maximum absolute atomic E-state index is 12.1. The van der Waals surface area contributed by atoms with Crippen LogP contribution >= 0.6 is 11.8 Å². The number of carbonyl (C=O) groups excluding carboxylic acids is 2. The number of amides is 2. The number of halogens is 3. The second-order valence-corrected chi connectivity index (χ2v) is 5.92. The van der Waals surface area contributed by atoms with Gasteiger partial charge in [0, 0.05) is 11.8 Å². The summed E-state index contributed by atoms with van der Waals surface area (Å²) in [5.74, 6) is -0.772. The molecule has 5 nitrogen and oxygen atoms in total. The Morgan fingerprint density at radius 3 is 2.32 bits per heavy atom. The van der Waals surface area contributed by atoms with Crippen LogP contribution in [-0.2, 0) is 4.79 Å². The van der Waals surface area contributed by atoms with Gasteiger partial charge in [0.1, 0.15) is 5.75 Å². The maximum atomic E-state index is 12.1. The molecule has 0 radical (unpaired) electrons. The van der Waals surface area contributed by atoms with Crippen molar-refractivity contribution in [3.05, 3.63) is 53.1 Å². The van der Waals surface area contributed by atoms with Gasteiger partial charge >= 0.3 is 6.36 Å². The van der Waals surface area contributed by atoms with Crippen molar-refractivity contribution in [3.8, 4) is 17.0 Å². The van der Waals surface area contributed by atoms with Crippen molar-refractivity contribution >= 4 is 29.0 Å². The Balaban J connectivity index is 1.75. The van der Waals surface area contributed by atoms with E-state index in [0.717, 1.165) is 11.8 Å². The molecule has 3 rings (SSSR count). The third-order valence-electron chi connectivity index (χ3n) is 3.11. The summed E-state index contributed by atoms with van der Waals surface area (Å²) in [6.45, 7) is 0. The zero-order valence-corrected chi connectivity index (χ0v) is 13.1. The van der Waals surface area contributed by atoms with Crippen LogP contribution in [-0.4, -0.2) is 22.5 Å². The van der Waals surface area contributed by atoms with Crippen molar-refractivity contribution in [2.45, 2.75) is 6.36 Å². The number of nitrogens with zero attached hydrogens (tertiary/aromatic N) is 1. The van der Waals surface area contributed by atoms with Gasteiger partial charge in [-0.05, 0) is 53.7 Å². The zero-order chi connectivity index (χ0) is 18.0. The van der Waals surface area contributed by atoms with Crippen LogP contribution in [0, 0.1) is 0 Å². The summed E-state index contributed by atoms with van der Waals surface area (Å²) in [5.41, 5.74) is 1.77. The van der Waals surface area contributed by atoms with Crippen LogP contribution in [0.5, 0.6) is 5.75 Å². The minimum Gasteiger partial charge on any atom is -0.406 e. The Morgan fingerprint density at radius 1 is 1.08 bits per heavy atom. The number of benzene rings is 1. The Bertz CT molecular complexity index is 846. The molecular formula is C16H9F3N2O3S. The fourth-order valence-corrected chi connectivity index (χ4v) is 2.74. The maximum Gasteiger partial charge on any atom is 0.573 e. The number of thioether (sulfide) groups is 1. The first-order valence-corrected chi connectivity index (χ1v) is 7.69.